The molecule has 1 heterocycles. The molecule has 1 aromatic carbocycles. The fraction of sp³-hybridized carbons (Fsp3) is 0.476. The zero-order valence-corrected chi connectivity index (χ0v) is 17.4. The van der Waals surface area contributed by atoms with Crippen LogP contribution in [0.3, 0.4) is 0 Å². The number of nitrogens with one attached hydrogen (secondary N) is 1. The Hall–Kier alpha value is -2.28. The van der Waals surface area contributed by atoms with Crippen molar-refractivity contribution < 1.29 is 14.3 Å². The van der Waals surface area contributed by atoms with Gasteiger partial charge in [0.15, 0.2) is 17.0 Å². The van der Waals surface area contributed by atoms with Crippen LogP contribution in [-0.2, 0) is 9.53 Å². The molecule has 3 atom stereocenters. The Balaban J connectivity index is 1.71. The highest BCUT2D eigenvalue weighted by atomic mass is 32.2. The minimum atomic E-state index is -0.863. The molecule has 3 rings (SSSR count). The van der Waals surface area contributed by atoms with Gasteiger partial charge in [-0.25, -0.2) is 9.78 Å². The quantitative estimate of drug-likeness (QED) is 0.588. The van der Waals surface area contributed by atoms with Crippen LogP contribution in [-0.4, -0.2) is 39.8 Å². The Morgan fingerprint density at radius 1 is 1.25 bits per heavy atom. The van der Waals surface area contributed by atoms with E-state index in [0.717, 1.165) is 24.9 Å². The van der Waals surface area contributed by atoms with Gasteiger partial charge in [0.2, 0.25) is 0 Å². The van der Waals surface area contributed by atoms with Crippen LogP contribution in [0.5, 0.6) is 0 Å². The van der Waals surface area contributed by atoms with Crippen molar-refractivity contribution >= 4 is 23.6 Å². The molecule has 150 valence electrons. The average molecular weight is 402 g/mol. The van der Waals surface area contributed by atoms with E-state index in [2.05, 4.69) is 17.2 Å². The molecule has 1 saturated carbocycles. The number of rotatable bonds is 6. The molecule has 2 aromatic rings. The van der Waals surface area contributed by atoms with Crippen LogP contribution in [0.25, 0.3) is 5.69 Å². The number of esters is 1. The van der Waals surface area contributed by atoms with Gasteiger partial charge in [-0.15, -0.1) is 0 Å². The van der Waals surface area contributed by atoms with Gasteiger partial charge in [0, 0.05) is 11.7 Å². The predicted octanol–water partition coefficient (Wildman–Crippen LogP) is 3.83. The number of benzene rings is 1. The summed E-state index contributed by atoms with van der Waals surface area (Å²) in [5.41, 5.74) is 1.13. The number of ether oxygens (including phenoxy) is 1. The fourth-order valence-electron chi connectivity index (χ4n) is 3.55. The van der Waals surface area contributed by atoms with Crippen molar-refractivity contribution in [3.63, 3.8) is 0 Å². The molecular weight excluding hydrogens is 374 g/mol. The van der Waals surface area contributed by atoms with Crippen LogP contribution in [0, 0.1) is 5.92 Å². The summed E-state index contributed by atoms with van der Waals surface area (Å²) in [5, 5.41) is 3.73. The maximum atomic E-state index is 12.8. The summed E-state index contributed by atoms with van der Waals surface area (Å²) in [5.74, 6) is -0.358. The Morgan fingerprint density at radius 3 is 2.64 bits per heavy atom. The van der Waals surface area contributed by atoms with E-state index in [1.165, 1.54) is 24.4 Å². The first-order valence-corrected chi connectivity index (χ1v) is 10.9. The van der Waals surface area contributed by atoms with Gasteiger partial charge in [-0.3, -0.25) is 9.36 Å². The van der Waals surface area contributed by atoms with Crippen molar-refractivity contribution in [3.05, 3.63) is 42.2 Å². The summed E-state index contributed by atoms with van der Waals surface area (Å²) < 4.78 is 7.22. The van der Waals surface area contributed by atoms with Gasteiger partial charge in [-0.1, -0.05) is 49.7 Å². The highest BCUT2D eigenvalue weighted by Crippen LogP contribution is 2.24. The van der Waals surface area contributed by atoms with Crippen LogP contribution in [0.4, 0.5) is 0 Å². The number of nitrogens with zero attached hydrogens (tertiary/aromatic N) is 2. The number of aromatic nitrogens is 2. The van der Waals surface area contributed by atoms with E-state index >= 15 is 0 Å². The molecule has 6 nitrogen and oxygen atoms in total. The largest absolute Gasteiger partial charge is 0.448 e. The maximum absolute atomic E-state index is 12.8. The Kier molecular flexibility index (Phi) is 6.78. The second kappa shape index (κ2) is 9.28. The Labute approximate surface area is 170 Å². The van der Waals surface area contributed by atoms with Crippen molar-refractivity contribution in [1.82, 2.24) is 14.9 Å². The number of imidazole rings is 1. The van der Waals surface area contributed by atoms with Crippen LogP contribution < -0.4 is 5.32 Å². The monoisotopic (exact) mass is 401 g/mol. The molecule has 1 aromatic heterocycles. The summed E-state index contributed by atoms with van der Waals surface area (Å²) in [7, 11) is 0. The van der Waals surface area contributed by atoms with Gasteiger partial charge in [-0.05, 0) is 44.1 Å². The van der Waals surface area contributed by atoms with Crippen molar-refractivity contribution in [2.75, 3.05) is 6.26 Å². The summed E-state index contributed by atoms with van der Waals surface area (Å²) >= 11 is 1.44. The van der Waals surface area contributed by atoms with E-state index in [0.29, 0.717) is 16.8 Å². The zero-order chi connectivity index (χ0) is 20.1. The van der Waals surface area contributed by atoms with Gasteiger partial charge in [-0.2, -0.15) is 0 Å². The first kappa shape index (κ1) is 20.5. The molecule has 0 saturated heterocycles. The number of carbonyl (C=O) groups is 2. The van der Waals surface area contributed by atoms with E-state index in [9.17, 15) is 9.59 Å². The lowest BCUT2D eigenvalue weighted by molar-refractivity contribution is -0.130. The van der Waals surface area contributed by atoms with Gasteiger partial charge >= 0.3 is 5.97 Å². The molecule has 1 N–H and O–H groups in total. The van der Waals surface area contributed by atoms with E-state index in [1.807, 2.05) is 36.6 Å². The highest BCUT2D eigenvalue weighted by Gasteiger charge is 2.28. The van der Waals surface area contributed by atoms with E-state index in [4.69, 9.17) is 4.74 Å². The molecule has 0 spiro atoms. The third kappa shape index (κ3) is 4.58. The lowest BCUT2D eigenvalue weighted by Crippen LogP contribution is -2.46. The van der Waals surface area contributed by atoms with Crippen molar-refractivity contribution in [1.29, 1.82) is 0 Å². The van der Waals surface area contributed by atoms with Gasteiger partial charge < -0.3 is 10.1 Å². The van der Waals surface area contributed by atoms with Crippen molar-refractivity contribution in [2.24, 2.45) is 5.92 Å². The smallest absolute Gasteiger partial charge is 0.357 e. The fourth-order valence-corrected chi connectivity index (χ4v) is 4.10. The summed E-state index contributed by atoms with van der Waals surface area (Å²) in [4.78, 5) is 29.6. The topological polar surface area (TPSA) is 73.2 Å². The number of hydrogen-bond donors (Lipinski definition) is 1. The third-order valence-corrected chi connectivity index (χ3v) is 5.88. The zero-order valence-electron chi connectivity index (χ0n) is 16.6. The van der Waals surface area contributed by atoms with E-state index in [1.54, 1.807) is 11.5 Å². The third-order valence-electron chi connectivity index (χ3n) is 5.23. The molecule has 0 radical (unpaired) electrons. The summed E-state index contributed by atoms with van der Waals surface area (Å²) in [6.45, 7) is 3.77. The van der Waals surface area contributed by atoms with Crippen LogP contribution in [0.2, 0.25) is 0 Å². The minimum absolute atomic E-state index is 0.153. The second-order valence-corrected chi connectivity index (χ2v) is 8.00. The van der Waals surface area contributed by atoms with Crippen LogP contribution >= 0.6 is 11.8 Å². The number of para-hydroxylation sites is 1. The Morgan fingerprint density at radius 2 is 1.96 bits per heavy atom. The first-order valence-electron chi connectivity index (χ1n) is 9.69. The number of carbonyl (C=O) groups excluding carboxylic acids is 2. The van der Waals surface area contributed by atoms with Crippen molar-refractivity contribution in [2.45, 2.75) is 56.8 Å². The summed E-state index contributed by atoms with van der Waals surface area (Å²) in [6.07, 6.45) is 6.96. The van der Waals surface area contributed by atoms with E-state index in [-0.39, 0.29) is 11.9 Å². The van der Waals surface area contributed by atoms with Gasteiger partial charge in [0.25, 0.3) is 5.91 Å². The number of hydrogen-bond acceptors (Lipinski definition) is 5. The predicted molar refractivity (Wildman–Crippen MR) is 110 cm³/mol. The Bertz CT molecular complexity index is 822. The first-order chi connectivity index (χ1) is 13.5. The lowest BCUT2D eigenvalue weighted by atomic mass is 9.86. The van der Waals surface area contributed by atoms with Gasteiger partial charge in [0.05, 0.1) is 6.20 Å². The molecule has 0 aliphatic heterocycles. The minimum Gasteiger partial charge on any atom is -0.448 e. The SMILES string of the molecule is CSc1ncc(C(=O)O[C@H](C)C(=O)N[C@H]2CCCC[C@H]2C)n1-c1ccccc1. The standard InChI is InChI=1S/C21H27N3O3S/c1-14-9-7-8-12-17(14)23-19(25)15(2)27-20(26)18-13-22-21(28-3)24(18)16-10-5-4-6-11-16/h4-6,10-11,13-15,17H,7-9,12H2,1-3H3,(H,23,25)/t14-,15-,17+/m1/s1. The molecule has 0 bridgehead atoms. The maximum Gasteiger partial charge on any atom is 0.357 e. The second-order valence-electron chi connectivity index (χ2n) is 7.23. The molecule has 1 fully saturated rings. The van der Waals surface area contributed by atoms with Crippen LogP contribution in [0.15, 0.2) is 41.7 Å². The molecular formula is C21H27N3O3S. The average Bonchev–Trinajstić information content (AvgIpc) is 3.14. The van der Waals surface area contributed by atoms with Crippen molar-refractivity contribution in [3.8, 4) is 5.69 Å². The number of thioether (sulfide) groups is 1. The molecule has 28 heavy (non-hydrogen) atoms. The lowest BCUT2D eigenvalue weighted by Gasteiger charge is -2.30. The molecule has 1 amide bonds. The summed E-state index contributed by atoms with van der Waals surface area (Å²) in [6, 6.07) is 9.67. The molecule has 7 heteroatoms. The highest BCUT2D eigenvalue weighted by molar-refractivity contribution is 7.98. The van der Waals surface area contributed by atoms with E-state index < -0.39 is 12.1 Å². The van der Waals surface area contributed by atoms with Crippen LogP contribution in [0.1, 0.15) is 50.0 Å². The molecule has 1 aliphatic rings. The van der Waals surface area contributed by atoms with Gasteiger partial charge in [0.1, 0.15) is 0 Å². The molecule has 0 unspecified atom stereocenters. The number of amides is 1. The molecule has 1 aliphatic carbocycles. The normalized spacial score (nSPS) is 20.4.